The highest BCUT2D eigenvalue weighted by molar-refractivity contribution is 6.10. The maximum absolute atomic E-state index is 13.4. The van der Waals surface area contributed by atoms with Crippen LogP contribution in [0.4, 0.5) is 5.69 Å². The van der Waals surface area contributed by atoms with Gasteiger partial charge in [0.05, 0.1) is 17.6 Å². The van der Waals surface area contributed by atoms with Crippen LogP contribution in [0.3, 0.4) is 0 Å². The lowest BCUT2D eigenvalue weighted by Gasteiger charge is -2.30. The Morgan fingerprint density at radius 2 is 1.74 bits per heavy atom. The Morgan fingerprint density at radius 1 is 1.11 bits per heavy atom. The lowest BCUT2D eigenvalue weighted by molar-refractivity contribution is -0.130. The number of anilines is 1. The lowest BCUT2D eigenvalue weighted by Crippen LogP contribution is -2.50. The van der Waals surface area contributed by atoms with Crippen LogP contribution in [0.5, 0.6) is 0 Å². The molecule has 2 aromatic carbocycles. The first-order valence-electron chi connectivity index (χ1n) is 9.12. The fraction of sp³-hybridized carbons (Fsp3) is 0.364. The van der Waals surface area contributed by atoms with Crippen molar-refractivity contribution in [1.29, 1.82) is 0 Å². The number of aliphatic hydroxyl groups is 1. The number of benzene rings is 2. The summed E-state index contributed by atoms with van der Waals surface area (Å²) >= 11 is 0. The first-order chi connectivity index (χ1) is 12.8. The number of likely N-dealkylation sites (N-methyl/N-ethyl adjacent to an activating group) is 1. The summed E-state index contributed by atoms with van der Waals surface area (Å²) in [4.78, 5) is 27.8. The van der Waals surface area contributed by atoms with Crippen LogP contribution in [0.15, 0.2) is 54.6 Å². The number of para-hydroxylation sites is 1. The lowest BCUT2D eigenvalue weighted by atomic mass is 9.73. The molecular weight excluding hydrogens is 340 g/mol. The quantitative estimate of drug-likeness (QED) is 0.825. The third-order valence-electron chi connectivity index (χ3n) is 5.18. The molecule has 1 aliphatic heterocycles. The number of nitrogens with zero attached hydrogens (tertiary/aromatic N) is 1. The molecule has 3 rings (SSSR count). The molecule has 0 aromatic heterocycles. The summed E-state index contributed by atoms with van der Waals surface area (Å²) in [5.41, 5.74) is 1.02. The predicted octanol–water partition coefficient (Wildman–Crippen LogP) is 2.42. The number of fused-ring (bicyclic) bond motifs is 1. The number of nitrogens with one attached hydrogen (secondary N) is 1. The summed E-state index contributed by atoms with van der Waals surface area (Å²) < 4.78 is 0. The van der Waals surface area contributed by atoms with Crippen LogP contribution >= 0.6 is 0 Å². The minimum Gasteiger partial charge on any atom is -0.394 e. The van der Waals surface area contributed by atoms with Crippen LogP contribution < -0.4 is 10.2 Å². The molecular formula is C22H26N2O3. The summed E-state index contributed by atoms with van der Waals surface area (Å²) in [5.74, 6) is -0.326. The van der Waals surface area contributed by atoms with E-state index in [1.807, 2.05) is 54.6 Å². The normalized spacial score (nSPS) is 19.1. The second-order valence-corrected chi connectivity index (χ2v) is 7.89. The number of rotatable bonds is 6. The molecule has 0 spiro atoms. The topological polar surface area (TPSA) is 69.6 Å². The average Bonchev–Trinajstić information content (AvgIpc) is 2.85. The molecule has 2 N–H and O–H groups in total. The zero-order valence-corrected chi connectivity index (χ0v) is 16.0. The van der Waals surface area contributed by atoms with E-state index in [1.54, 1.807) is 25.8 Å². The van der Waals surface area contributed by atoms with E-state index in [1.165, 1.54) is 0 Å². The Kier molecular flexibility index (Phi) is 5.07. The molecule has 0 saturated heterocycles. The molecule has 142 valence electrons. The summed E-state index contributed by atoms with van der Waals surface area (Å²) in [6.45, 7) is 3.34. The van der Waals surface area contributed by atoms with Gasteiger partial charge in [0.25, 0.3) is 0 Å². The number of hydrogen-bond donors (Lipinski definition) is 2. The average molecular weight is 366 g/mol. The van der Waals surface area contributed by atoms with Gasteiger partial charge < -0.3 is 15.3 Å². The standard InChI is InChI=1S/C22H26N2O3/c1-21(2,15-25)23-19(26)14-22(13-16-9-5-4-6-10-16)17-11-7-8-12-18(17)24(3)20(22)27/h4-12,25H,13-15H2,1-3H3,(H,23,26). The van der Waals surface area contributed by atoms with Crippen molar-refractivity contribution in [3.05, 3.63) is 65.7 Å². The Labute approximate surface area is 160 Å². The van der Waals surface area contributed by atoms with E-state index in [2.05, 4.69) is 5.32 Å². The van der Waals surface area contributed by atoms with Crippen molar-refractivity contribution in [2.75, 3.05) is 18.6 Å². The van der Waals surface area contributed by atoms with E-state index >= 15 is 0 Å². The maximum atomic E-state index is 13.4. The molecule has 0 aliphatic carbocycles. The molecule has 0 fully saturated rings. The molecule has 27 heavy (non-hydrogen) atoms. The third kappa shape index (κ3) is 3.60. The van der Waals surface area contributed by atoms with E-state index in [-0.39, 0.29) is 24.8 Å². The number of carbonyl (C=O) groups is 2. The van der Waals surface area contributed by atoms with Gasteiger partial charge in [0.1, 0.15) is 0 Å². The van der Waals surface area contributed by atoms with Crippen LogP contribution in [-0.4, -0.2) is 36.1 Å². The van der Waals surface area contributed by atoms with Gasteiger partial charge >= 0.3 is 0 Å². The van der Waals surface area contributed by atoms with Crippen molar-refractivity contribution >= 4 is 17.5 Å². The maximum Gasteiger partial charge on any atom is 0.238 e. The molecule has 2 aromatic rings. The zero-order valence-electron chi connectivity index (χ0n) is 16.0. The molecule has 5 nitrogen and oxygen atoms in total. The van der Waals surface area contributed by atoms with Gasteiger partial charge in [-0.25, -0.2) is 0 Å². The molecule has 0 radical (unpaired) electrons. The molecule has 2 amide bonds. The Bertz CT molecular complexity index is 848. The highest BCUT2D eigenvalue weighted by Crippen LogP contribution is 2.45. The highest BCUT2D eigenvalue weighted by Gasteiger charge is 2.51. The van der Waals surface area contributed by atoms with Crippen molar-refractivity contribution in [2.24, 2.45) is 0 Å². The Balaban J connectivity index is 2.03. The summed E-state index contributed by atoms with van der Waals surface area (Å²) in [5, 5.41) is 12.3. The minimum absolute atomic E-state index is 0.0332. The largest absolute Gasteiger partial charge is 0.394 e. The first kappa shape index (κ1) is 19.1. The molecule has 1 atom stereocenters. The molecule has 1 unspecified atom stereocenters. The molecule has 0 saturated carbocycles. The van der Waals surface area contributed by atoms with E-state index in [9.17, 15) is 14.7 Å². The van der Waals surface area contributed by atoms with Gasteiger partial charge in [-0.15, -0.1) is 0 Å². The molecule has 5 heteroatoms. The monoisotopic (exact) mass is 366 g/mol. The highest BCUT2D eigenvalue weighted by atomic mass is 16.3. The summed E-state index contributed by atoms with van der Waals surface area (Å²) in [6.07, 6.45) is 0.479. The molecule has 1 aliphatic rings. The van der Waals surface area contributed by atoms with Gasteiger partial charge in [-0.2, -0.15) is 0 Å². The fourth-order valence-electron chi connectivity index (χ4n) is 3.80. The van der Waals surface area contributed by atoms with Crippen molar-refractivity contribution in [3.8, 4) is 0 Å². The van der Waals surface area contributed by atoms with Crippen LogP contribution in [-0.2, 0) is 21.4 Å². The van der Waals surface area contributed by atoms with E-state index in [0.717, 1.165) is 16.8 Å². The number of hydrogen-bond acceptors (Lipinski definition) is 3. The van der Waals surface area contributed by atoms with Crippen molar-refractivity contribution in [3.63, 3.8) is 0 Å². The Morgan fingerprint density at radius 3 is 2.41 bits per heavy atom. The van der Waals surface area contributed by atoms with Gasteiger partial charge in [0, 0.05) is 19.2 Å². The van der Waals surface area contributed by atoms with Gasteiger partial charge in [-0.05, 0) is 37.5 Å². The minimum atomic E-state index is -0.956. The van der Waals surface area contributed by atoms with Gasteiger partial charge in [-0.3, -0.25) is 9.59 Å². The van der Waals surface area contributed by atoms with Crippen LogP contribution in [0.2, 0.25) is 0 Å². The summed E-state index contributed by atoms with van der Waals surface area (Å²) in [7, 11) is 1.75. The van der Waals surface area contributed by atoms with Crippen LogP contribution in [0, 0.1) is 0 Å². The van der Waals surface area contributed by atoms with Gasteiger partial charge in [-0.1, -0.05) is 48.5 Å². The second-order valence-electron chi connectivity index (χ2n) is 7.89. The fourth-order valence-corrected chi connectivity index (χ4v) is 3.80. The van der Waals surface area contributed by atoms with Crippen LogP contribution in [0.25, 0.3) is 0 Å². The van der Waals surface area contributed by atoms with E-state index in [4.69, 9.17) is 0 Å². The number of amides is 2. The smallest absolute Gasteiger partial charge is 0.238 e. The number of aliphatic hydroxyl groups excluding tert-OH is 1. The molecule has 0 bridgehead atoms. The van der Waals surface area contributed by atoms with Gasteiger partial charge in [0.15, 0.2) is 0 Å². The summed E-state index contributed by atoms with van der Waals surface area (Å²) in [6, 6.07) is 17.4. The van der Waals surface area contributed by atoms with E-state index < -0.39 is 11.0 Å². The zero-order chi connectivity index (χ0) is 19.7. The predicted molar refractivity (Wildman–Crippen MR) is 106 cm³/mol. The third-order valence-corrected chi connectivity index (χ3v) is 5.18. The van der Waals surface area contributed by atoms with Crippen molar-refractivity contribution in [1.82, 2.24) is 5.32 Å². The van der Waals surface area contributed by atoms with Gasteiger partial charge in [0.2, 0.25) is 11.8 Å². The van der Waals surface area contributed by atoms with E-state index in [0.29, 0.717) is 6.42 Å². The van der Waals surface area contributed by atoms with Crippen molar-refractivity contribution < 1.29 is 14.7 Å². The second kappa shape index (κ2) is 7.16. The Hall–Kier alpha value is -2.66. The SMILES string of the molecule is CN1C(=O)C(CC(=O)NC(C)(C)CO)(Cc2ccccc2)c2ccccc21. The van der Waals surface area contributed by atoms with Crippen LogP contribution in [0.1, 0.15) is 31.4 Å². The van der Waals surface area contributed by atoms with Crippen molar-refractivity contribution in [2.45, 2.75) is 37.6 Å². The molecule has 1 heterocycles. The number of carbonyl (C=O) groups excluding carboxylic acids is 2. The first-order valence-corrected chi connectivity index (χ1v) is 9.12.